The number of benzene rings is 1. The number of hydrogen-bond donors (Lipinski definition) is 1. The molecule has 1 amide bonds. The Hall–Kier alpha value is -2.14. The van der Waals surface area contributed by atoms with Crippen LogP contribution in [-0.4, -0.2) is 85.7 Å². The molecule has 1 saturated heterocycles. The van der Waals surface area contributed by atoms with Crippen molar-refractivity contribution in [3.63, 3.8) is 0 Å². The molecule has 11 heteroatoms. The fourth-order valence-corrected chi connectivity index (χ4v) is 5.70. The minimum Gasteiger partial charge on any atom is -0.369 e. The predicted octanol–water partition coefficient (Wildman–Crippen LogP) is 1.96. The van der Waals surface area contributed by atoms with Crippen LogP contribution in [0.15, 0.2) is 29.4 Å². The monoisotopic (exact) mass is 496 g/mol. The number of nitrogens with zero attached hydrogens (tertiary/aromatic N) is 5. The maximum Gasteiger partial charge on any atom is 0.263 e. The summed E-state index contributed by atoms with van der Waals surface area (Å²) >= 11 is 6.15. The van der Waals surface area contributed by atoms with E-state index in [2.05, 4.69) is 34.1 Å². The van der Waals surface area contributed by atoms with Crippen molar-refractivity contribution in [2.45, 2.75) is 25.8 Å². The Morgan fingerprint density at radius 3 is 2.48 bits per heavy atom. The summed E-state index contributed by atoms with van der Waals surface area (Å²) in [6.07, 6.45) is 1.46. The van der Waals surface area contributed by atoms with Crippen LogP contribution < -0.4 is 10.2 Å². The molecule has 2 heterocycles. The van der Waals surface area contributed by atoms with Crippen molar-refractivity contribution in [2.24, 2.45) is 7.05 Å². The van der Waals surface area contributed by atoms with Crippen molar-refractivity contribution in [1.82, 2.24) is 24.3 Å². The SMILES string of the molecule is CCN(CC)CCNC(=O)c1cn(C)nc1S(=O)(=O)N1CCN(c2cc(Cl)ccc2C)CC1. The van der Waals surface area contributed by atoms with Gasteiger partial charge >= 0.3 is 0 Å². The predicted molar refractivity (Wildman–Crippen MR) is 130 cm³/mol. The summed E-state index contributed by atoms with van der Waals surface area (Å²) in [6.45, 7) is 10.7. The van der Waals surface area contributed by atoms with Crippen LogP contribution in [0.25, 0.3) is 0 Å². The zero-order valence-electron chi connectivity index (χ0n) is 19.7. The van der Waals surface area contributed by atoms with E-state index >= 15 is 0 Å². The lowest BCUT2D eigenvalue weighted by Crippen LogP contribution is -2.49. The Bertz CT molecular complexity index is 1080. The van der Waals surface area contributed by atoms with Gasteiger partial charge in [-0.2, -0.15) is 9.40 Å². The number of rotatable bonds is 9. The zero-order chi connectivity index (χ0) is 24.2. The molecule has 1 N–H and O–H groups in total. The molecule has 1 aromatic heterocycles. The minimum absolute atomic E-state index is 0.0742. The number of halogens is 1. The largest absolute Gasteiger partial charge is 0.369 e. The van der Waals surface area contributed by atoms with Crippen LogP contribution in [0.5, 0.6) is 0 Å². The summed E-state index contributed by atoms with van der Waals surface area (Å²) in [6, 6.07) is 5.71. The van der Waals surface area contributed by atoms with Gasteiger partial charge in [0.2, 0.25) is 5.03 Å². The van der Waals surface area contributed by atoms with Gasteiger partial charge in [0.05, 0.1) is 5.56 Å². The van der Waals surface area contributed by atoms with E-state index in [0.717, 1.165) is 24.3 Å². The molecule has 0 unspecified atom stereocenters. The Morgan fingerprint density at radius 2 is 1.85 bits per heavy atom. The molecule has 182 valence electrons. The smallest absolute Gasteiger partial charge is 0.263 e. The second kappa shape index (κ2) is 10.9. The number of sulfonamides is 1. The molecule has 0 saturated carbocycles. The van der Waals surface area contributed by atoms with E-state index in [9.17, 15) is 13.2 Å². The molecule has 9 nitrogen and oxygen atoms in total. The summed E-state index contributed by atoms with van der Waals surface area (Å²) in [5, 5.41) is 7.42. The van der Waals surface area contributed by atoms with Gasteiger partial charge in [-0.15, -0.1) is 0 Å². The minimum atomic E-state index is -3.91. The van der Waals surface area contributed by atoms with Crippen molar-refractivity contribution in [1.29, 1.82) is 0 Å². The first-order valence-corrected chi connectivity index (χ1v) is 13.0. The summed E-state index contributed by atoms with van der Waals surface area (Å²) in [7, 11) is -2.30. The van der Waals surface area contributed by atoms with Crippen molar-refractivity contribution < 1.29 is 13.2 Å². The van der Waals surface area contributed by atoms with Crippen molar-refractivity contribution >= 4 is 33.2 Å². The summed E-state index contributed by atoms with van der Waals surface area (Å²) < 4.78 is 29.5. The molecule has 0 spiro atoms. The van der Waals surface area contributed by atoms with Gasteiger partial charge < -0.3 is 15.1 Å². The molecule has 0 aliphatic carbocycles. The van der Waals surface area contributed by atoms with Gasteiger partial charge in [0.25, 0.3) is 15.9 Å². The van der Waals surface area contributed by atoms with Crippen LogP contribution in [0.2, 0.25) is 5.02 Å². The molecule has 1 aliphatic heterocycles. The second-order valence-electron chi connectivity index (χ2n) is 8.13. The highest BCUT2D eigenvalue weighted by atomic mass is 35.5. The van der Waals surface area contributed by atoms with Gasteiger partial charge in [-0.25, -0.2) is 8.42 Å². The molecule has 0 atom stereocenters. The van der Waals surface area contributed by atoms with E-state index in [-0.39, 0.29) is 10.6 Å². The first kappa shape index (κ1) is 25.5. The maximum atomic E-state index is 13.4. The average molecular weight is 497 g/mol. The lowest BCUT2D eigenvalue weighted by Gasteiger charge is -2.35. The third-order valence-electron chi connectivity index (χ3n) is 5.98. The molecule has 33 heavy (non-hydrogen) atoms. The number of piperazine rings is 1. The number of carbonyl (C=O) groups excluding carboxylic acids is 1. The van der Waals surface area contributed by atoms with Crippen molar-refractivity contribution in [2.75, 3.05) is 57.3 Å². The number of amides is 1. The van der Waals surface area contributed by atoms with Crippen LogP contribution in [0.4, 0.5) is 5.69 Å². The van der Waals surface area contributed by atoms with Crippen LogP contribution in [0.1, 0.15) is 29.8 Å². The lowest BCUT2D eigenvalue weighted by atomic mass is 10.1. The van der Waals surface area contributed by atoms with E-state index in [1.54, 1.807) is 7.05 Å². The molecule has 1 aliphatic rings. The van der Waals surface area contributed by atoms with Crippen molar-refractivity contribution in [3.8, 4) is 0 Å². The van der Waals surface area contributed by atoms with Crippen LogP contribution in [0, 0.1) is 6.92 Å². The molecule has 2 aromatic rings. The standard InChI is InChI=1S/C22H33ClN6O3S/c1-5-27(6-2)10-9-24-21(30)19-16-26(4)25-22(19)33(31,32)29-13-11-28(12-14-29)20-15-18(23)8-7-17(20)3/h7-8,15-16H,5-6,9-14H2,1-4H3,(H,24,30). The van der Waals surface area contributed by atoms with E-state index < -0.39 is 15.9 Å². The maximum absolute atomic E-state index is 13.4. The first-order chi connectivity index (χ1) is 15.7. The van der Waals surface area contributed by atoms with Crippen LogP contribution >= 0.6 is 11.6 Å². The normalized spacial score (nSPS) is 15.3. The number of hydrogen-bond acceptors (Lipinski definition) is 6. The Kier molecular flexibility index (Phi) is 8.38. The fraction of sp³-hybridized carbons (Fsp3) is 0.545. The number of nitrogens with one attached hydrogen (secondary N) is 1. The van der Waals surface area contributed by atoms with Crippen molar-refractivity contribution in [3.05, 3.63) is 40.5 Å². The number of aromatic nitrogens is 2. The van der Waals surface area contributed by atoms with E-state index in [1.165, 1.54) is 15.2 Å². The highest BCUT2D eigenvalue weighted by molar-refractivity contribution is 7.89. The number of anilines is 1. The highest BCUT2D eigenvalue weighted by Gasteiger charge is 2.34. The third-order valence-corrected chi connectivity index (χ3v) is 8.05. The molecule has 1 aromatic carbocycles. The van der Waals surface area contributed by atoms with E-state index in [1.807, 2.05) is 25.1 Å². The molecular weight excluding hydrogens is 464 g/mol. The molecule has 0 bridgehead atoms. The van der Waals surface area contributed by atoms with E-state index in [4.69, 9.17) is 11.6 Å². The van der Waals surface area contributed by atoms with Gasteiger partial charge in [-0.05, 0) is 37.7 Å². The molecule has 1 fully saturated rings. The van der Waals surface area contributed by atoms with Gasteiger partial charge in [-0.3, -0.25) is 9.48 Å². The molecule has 0 radical (unpaired) electrons. The number of likely N-dealkylation sites (N-methyl/N-ethyl adjacent to an activating group) is 1. The number of carbonyl (C=O) groups is 1. The number of aryl methyl sites for hydroxylation is 2. The van der Waals surface area contributed by atoms with Gasteiger partial charge in [-0.1, -0.05) is 31.5 Å². The van der Waals surface area contributed by atoms with E-state index in [0.29, 0.717) is 44.3 Å². The Morgan fingerprint density at radius 1 is 1.18 bits per heavy atom. The first-order valence-electron chi connectivity index (χ1n) is 11.2. The summed E-state index contributed by atoms with van der Waals surface area (Å²) in [5.41, 5.74) is 2.17. The van der Waals surface area contributed by atoms with Crippen LogP contribution in [-0.2, 0) is 17.1 Å². The topological polar surface area (TPSA) is 90.8 Å². The lowest BCUT2D eigenvalue weighted by molar-refractivity contribution is 0.0945. The summed E-state index contributed by atoms with van der Waals surface area (Å²) in [5.74, 6) is -0.429. The average Bonchev–Trinajstić information content (AvgIpc) is 3.21. The second-order valence-corrected chi connectivity index (χ2v) is 10.4. The molecule has 3 rings (SSSR count). The quantitative estimate of drug-likeness (QED) is 0.570. The zero-order valence-corrected chi connectivity index (χ0v) is 21.3. The summed E-state index contributed by atoms with van der Waals surface area (Å²) in [4.78, 5) is 17.1. The van der Waals surface area contributed by atoms with Crippen LogP contribution in [0.3, 0.4) is 0 Å². The molecular formula is C22H33ClN6O3S. The van der Waals surface area contributed by atoms with Gasteiger partial charge in [0.1, 0.15) is 0 Å². The van der Waals surface area contributed by atoms with Gasteiger partial charge in [0, 0.05) is 63.2 Å². The van der Waals surface area contributed by atoms with Gasteiger partial charge in [0.15, 0.2) is 0 Å². The Labute approximate surface area is 201 Å². The Balaban J connectivity index is 1.71. The fourth-order valence-electron chi connectivity index (χ4n) is 3.99. The highest BCUT2D eigenvalue weighted by Crippen LogP contribution is 2.27. The third kappa shape index (κ3) is 5.87.